The van der Waals surface area contributed by atoms with Gasteiger partial charge in [0.25, 0.3) is 0 Å². The molecule has 3 atom stereocenters. The Balaban J connectivity index is 1.43. The Kier molecular flexibility index (Phi) is 4.99. The number of aliphatic hydroxyl groups excluding tert-OH is 1. The van der Waals surface area contributed by atoms with Crippen molar-refractivity contribution in [3.8, 4) is 0 Å². The molecule has 1 saturated carbocycles. The van der Waals surface area contributed by atoms with Crippen LogP contribution in [0.4, 0.5) is 4.79 Å². The van der Waals surface area contributed by atoms with E-state index in [1.807, 2.05) is 58.9 Å². The third kappa shape index (κ3) is 3.69. The number of nitrogens with zero attached hydrogens (tertiary/aromatic N) is 1. The Labute approximate surface area is 173 Å². The lowest BCUT2D eigenvalue weighted by Crippen LogP contribution is -2.49. The first-order chi connectivity index (χ1) is 13.5. The second kappa shape index (κ2) is 7.00. The van der Waals surface area contributed by atoms with Crippen molar-refractivity contribution in [2.75, 3.05) is 6.54 Å². The summed E-state index contributed by atoms with van der Waals surface area (Å²) in [4.78, 5) is 14.5. The van der Waals surface area contributed by atoms with Crippen LogP contribution in [-0.4, -0.2) is 52.7 Å². The van der Waals surface area contributed by atoms with Crippen LogP contribution in [0.2, 0.25) is 0 Å². The summed E-state index contributed by atoms with van der Waals surface area (Å²) in [5, 5.41) is 9.84. The SMILES string of the molecule is C[C@@H](c1ccc(B2OC(C)(C)C(C)(C)O2)cc1)N1CC[C@@]2(CC[C@H](O)C2)OC1=O. The van der Waals surface area contributed by atoms with Gasteiger partial charge in [-0.1, -0.05) is 24.3 Å². The quantitative estimate of drug-likeness (QED) is 0.789. The molecule has 3 aliphatic rings. The number of hydrogen-bond acceptors (Lipinski definition) is 5. The maximum absolute atomic E-state index is 12.7. The smallest absolute Gasteiger partial charge is 0.443 e. The largest absolute Gasteiger partial charge is 0.494 e. The Bertz CT molecular complexity index is 764. The maximum atomic E-state index is 12.7. The summed E-state index contributed by atoms with van der Waals surface area (Å²) in [6.07, 6.45) is 2.16. The Morgan fingerprint density at radius 3 is 2.24 bits per heavy atom. The zero-order chi connectivity index (χ0) is 21.0. The molecule has 2 aliphatic heterocycles. The molecule has 2 heterocycles. The zero-order valence-corrected chi connectivity index (χ0v) is 18.1. The van der Waals surface area contributed by atoms with Gasteiger partial charge in [0, 0.05) is 19.4 Å². The van der Waals surface area contributed by atoms with Crippen LogP contribution in [0.5, 0.6) is 0 Å². The monoisotopic (exact) mass is 401 g/mol. The van der Waals surface area contributed by atoms with E-state index >= 15 is 0 Å². The van der Waals surface area contributed by atoms with Gasteiger partial charge in [0.1, 0.15) is 5.60 Å². The van der Waals surface area contributed by atoms with Crippen LogP contribution >= 0.6 is 0 Å². The molecular formula is C22H32BNO5. The van der Waals surface area contributed by atoms with Crippen LogP contribution in [0.3, 0.4) is 0 Å². The minimum absolute atomic E-state index is 0.0847. The Morgan fingerprint density at radius 1 is 1.10 bits per heavy atom. The number of rotatable bonds is 3. The van der Waals surface area contributed by atoms with Crippen molar-refractivity contribution in [1.82, 2.24) is 4.90 Å². The summed E-state index contributed by atoms with van der Waals surface area (Å²) in [7, 11) is -0.391. The van der Waals surface area contributed by atoms with Gasteiger partial charge in [0.05, 0.1) is 23.3 Å². The van der Waals surface area contributed by atoms with Crippen LogP contribution in [0.1, 0.15) is 71.9 Å². The van der Waals surface area contributed by atoms with Gasteiger partial charge in [-0.05, 0) is 58.5 Å². The zero-order valence-electron chi connectivity index (χ0n) is 18.1. The van der Waals surface area contributed by atoms with Crippen molar-refractivity contribution >= 4 is 18.7 Å². The average Bonchev–Trinajstić information content (AvgIpc) is 3.10. The maximum Gasteiger partial charge on any atom is 0.494 e. The van der Waals surface area contributed by atoms with Gasteiger partial charge in [-0.25, -0.2) is 4.79 Å². The molecule has 1 aliphatic carbocycles. The second-order valence-electron chi connectivity index (χ2n) is 9.82. The van der Waals surface area contributed by atoms with Crippen molar-refractivity contribution in [2.45, 2.75) is 89.3 Å². The summed E-state index contributed by atoms with van der Waals surface area (Å²) >= 11 is 0. The lowest BCUT2D eigenvalue weighted by atomic mass is 9.78. The van der Waals surface area contributed by atoms with Crippen molar-refractivity contribution in [3.63, 3.8) is 0 Å². The lowest BCUT2D eigenvalue weighted by molar-refractivity contribution is -0.0572. The standard InChI is InChI=1S/C22H32BNO5/c1-15(24-13-12-22(27-19(24)26)11-10-18(25)14-22)16-6-8-17(9-7-16)23-28-20(2,3)21(4,5)29-23/h6-9,15,18,25H,10-14H2,1-5H3/t15-,18-,22+/m0/s1. The molecule has 2 saturated heterocycles. The molecule has 6 nitrogen and oxygen atoms in total. The first-order valence-electron chi connectivity index (χ1n) is 10.7. The fourth-order valence-electron chi connectivity index (χ4n) is 4.54. The fourth-order valence-corrected chi connectivity index (χ4v) is 4.54. The van der Waals surface area contributed by atoms with E-state index < -0.39 is 12.7 Å². The van der Waals surface area contributed by atoms with E-state index in [-0.39, 0.29) is 29.4 Å². The third-order valence-electron chi connectivity index (χ3n) is 7.30. The average molecular weight is 401 g/mol. The van der Waals surface area contributed by atoms with Crippen LogP contribution in [0.25, 0.3) is 0 Å². The van der Waals surface area contributed by atoms with Gasteiger partial charge in [0.2, 0.25) is 0 Å². The lowest BCUT2D eigenvalue weighted by Gasteiger charge is -2.41. The van der Waals surface area contributed by atoms with E-state index in [0.29, 0.717) is 19.4 Å². The molecule has 158 valence electrons. The Morgan fingerprint density at radius 2 is 1.72 bits per heavy atom. The summed E-state index contributed by atoms with van der Waals surface area (Å²) < 4.78 is 18.0. The molecule has 0 radical (unpaired) electrons. The molecule has 1 aromatic carbocycles. The predicted molar refractivity (Wildman–Crippen MR) is 111 cm³/mol. The number of carbonyl (C=O) groups is 1. The van der Waals surface area contributed by atoms with E-state index in [2.05, 4.69) is 0 Å². The summed E-state index contributed by atoms with van der Waals surface area (Å²) in [5.41, 5.74) is 0.813. The van der Waals surface area contributed by atoms with Gasteiger partial charge in [-0.3, -0.25) is 0 Å². The van der Waals surface area contributed by atoms with Crippen LogP contribution in [-0.2, 0) is 14.0 Å². The number of hydrogen-bond donors (Lipinski definition) is 1. The molecule has 0 bridgehead atoms. The van der Waals surface area contributed by atoms with Gasteiger partial charge in [-0.2, -0.15) is 0 Å². The first-order valence-corrected chi connectivity index (χ1v) is 10.7. The number of ether oxygens (including phenoxy) is 1. The molecule has 1 amide bonds. The van der Waals surface area contributed by atoms with Gasteiger partial charge >= 0.3 is 13.2 Å². The highest BCUT2D eigenvalue weighted by atomic mass is 16.7. The Hall–Kier alpha value is -1.57. The number of amides is 1. The van der Waals surface area contributed by atoms with Crippen molar-refractivity contribution < 1.29 is 23.9 Å². The minimum Gasteiger partial charge on any atom is -0.443 e. The number of benzene rings is 1. The van der Waals surface area contributed by atoms with Gasteiger partial charge in [-0.15, -0.1) is 0 Å². The van der Waals surface area contributed by atoms with Gasteiger partial charge < -0.3 is 24.1 Å². The summed E-state index contributed by atoms with van der Waals surface area (Å²) in [5.74, 6) is 0. The molecule has 1 aromatic rings. The molecule has 1 spiro atoms. The van der Waals surface area contributed by atoms with E-state index in [9.17, 15) is 9.90 Å². The minimum atomic E-state index is -0.465. The predicted octanol–water partition coefficient (Wildman–Crippen LogP) is 3.17. The van der Waals surface area contributed by atoms with E-state index in [1.165, 1.54) is 0 Å². The first kappa shape index (κ1) is 20.7. The normalized spacial score (nSPS) is 31.9. The second-order valence-corrected chi connectivity index (χ2v) is 9.82. The molecule has 0 aromatic heterocycles. The van der Waals surface area contributed by atoms with Crippen molar-refractivity contribution in [3.05, 3.63) is 29.8 Å². The third-order valence-corrected chi connectivity index (χ3v) is 7.30. The van der Waals surface area contributed by atoms with Crippen molar-refractivity contribution in [1.29, 1.82) is 0 Å². The molecule has 1 N–H and O–H groups in total. The van der Waals surface area contributed by atoms with Crippen LogP contribution < -0.4 is 5.46 Å². The van der Waals surface area contributed by atoms with Gasteiger partial charge in [0.15, 0.2) is 0 Å². The summed E-state index contributed by atoms with van der Waals surface area (Å²) in [6.45, 7) is 10.8. The summed E-state index contributed by atoms with van der Waals surface area (Å²) in [6, 6.07) is 8.00. The molecular weight excluding hydrogens is 369 g/mol. The molecule has 29 heavy (non-hydrogen) atoms. The van der Waals surface area contributed by atoms with Crippen molar-refractivity contribution in [2.24, 2.45) is 0 Å². The molecule has 4 rings (SSSR count). The number of aliphatic hydroxyl groups is 1. The topological polar surface area (TPSA) is 68.2 Å². The highest BCUT2D eigenvalue weighted by molar-refractivity contribution is 6.62. The molecule has 0 unspecified atom stereocenters. The highest BCUT2D eigenvalue weighted by Crippen LogP contribution is 2.41. The van der Waals surface area contributed by atoms with E-state index in [4.69, 9.17) is 14.0 Å². The van der Waals surface area contributed by atoms with Crippen LogP contribution in [0, 0.1) is 0 Å². The van der Waals surface area contributed by atoms with E-state index in [0.717, 1.165) is 23.9 Å². The molecule has 3 fully saturated rings. The number of carbonyl (C=O) groups excluding carboxylic acids is 1. The fraction of sp³-hybridized carbons (Fsp3) is 0.682. The highest BCUT2D eigenvalue weighted by Gasteiger charge is 2.52. The van der Waals surface area contributed by atoms with E-state index in [1.54, 1.807) is 4.90 Å². The molecule has 7 heteroatoms. The van der Waals surface area contributed by atoms with Crippen LogP contribution in [0.15, 0.2) is 24.3 Å².